The Kier molecular flexibility index (Phi) is 5.14. The number of nitrogens with one attached hydrogen (secondary N) is 1. The lowest BCUT2D eigenvalue weighted by Gasteiger charge is -2.19. The van der Waals surface area contributed by atoms with Crippen LogP contribution in [0.3, 0.4) is 0 Å². The van der Waals surface area contributed by atoms with E-state index in [0.29, 0.717) is 23.0 Å². The quantitative estimate of drug-likeness (QED) is 0.464. The van der Waals surface area contributed by atoms with Gasteiger partial charge in [0.25, 0.3) is 5.78 Å². The Hall–Kier alpha value is -3.66. The summed E-state index contributed by atoms with van der Waals surface area (Å²) in [6.07, 6.45) is 2.15. The maximum atomic E-state index is 13.5. The summed E-state index contributed by atoms with van der Waals surface area (Å²) in [5.74, 6) is 1.00. The lowest BCUT2D eigenvalue weighted by Crippen LogP contribution is -2.23. The first kappa shape index (κ1) is 20.3. The smallest absolute Gasteiger partial charge is 0.254 e. The van der Waals surface area contributed by atoms with Gasteiger partial charge in [-0.3, -0.25) is 14.8 Å². The predicted octanol–water partition coefficient (Wildman–Crippen LogP) is 2.36. The summed E-state index contributed by atoms with van der Waals surface area (Å²) in [6.45, 7) is 3.74. The van der Waals surface area contributed by atoms with Crippen LogP contribution in [0, 0.1) is 0 Å². The molecule has 1 aromatic carbocycles. The van der Waals surface area contributed by atoms with Gasteiger partial charge in [-0.25, -0.2) is 4.98 Å². The summed E-state index contributed by atoms with van der Waals surface area (Å²) in [6, 6.07) is 11.6. The average molecular weight is 432 g/mol. The molecule has 1 unspecified atom stereocenters. The third-order valence-corrected chi connectivity index (χ3v) is 5.94. The van der Waals surface area contributed by atoms with Gasteiger partial charge in [-0.05, 0) is 33.9 Å². The Morgan fingerprint density at radius 3 is 2.59 bits per heavy atom. The Balaban J connectivity index is 1.62. The molecule has 3 aromatic heterocycles. The van der Waals surface area contributed by atoms with E-state index in [1.54, 1.807) is 4.52 Å². The van der Waals surface area contributed by atoms with Crippen LogP contribution in [-0.2, 0) is 0 Å². The van der Waals surface area contributed by atoms with Gasteiger partial charge in [0, 0.05) is 24.7 Å². The number of hydrogen-bond acceptors (Lipinski definition) is 8. The maximum absolute atomic E-state index is 13.5. The van der Waals surface area contributed by atoms with Crippen LogP contribution in [0.25, 0.3) is 17.0 Å². The molecule has 32 heavy (non-hydrogen) atoms. The number of anilines is 1. The van der Waals surface area contributed by atoms with Crippen molar-refractivity contribution in [1.29, 1.82) is 0 Å². The fourth-order valence-electron chi connectivity index (χ4n) is 3.86. The third-order valence-electron chi connectivity index (χ3n) is 5.94. The number of aromatic nitrogens is 7. The molecule has 5 rings (SSSR count). The van der Waals surface area contributed by atoms with Crippen LogP contribution < -0.4 is 4.90 Å². The van der Waals surface area contributed by atoms with Crippen LogP contribution in [-0.4, -0.2) is 72.9 Å². The Morgan fingerprint density at radius 2 is 1.88 bits per heavy atom. The van der Waals surface area contributed by atoms with E-state index in [4.69, 9.17) is 5.10 Å². The van der Waals surface area contributed by atoms with Crippen LogP contribution in [0.1, 0.15) is 47.9 Å². The van der Waals surface area contributed by atoms with E-state index in [-0.39, 0.29) is 17.6 Å². The van der Waals surface area contributed by atoms with Crippen molar-refractivity contribution in [1.82, 2.24) is 39.9 Å². The van der Waals surface area contributed by atoms with Gasteiger partial charge in [0.2, 0.25) is 5.82 Å². The van der Waals surface area contributed by atoms with E-state index in [0.717, 1.165) is 37.2 Å². The van der Waals surface area contributed by atoms with E-state index in [9.17, 15) is 4.79 Å². The largest absolute Gasteiger partial charge is 0.370 e. The van der Waals surface area contributed by atoms with Gasteiger partial charge < -0.3 is 4.90 Å². The first-order valence-corrected chi connectivity index (χ1v) is 10.7. The molecular formula is C22H25N9O. The van der Waals surface area contributed by atoms with E-state index in [1.807, 2.05) is 62.3 Å². The van der Waals surface area contributed by atoms with Crippen molar-refractivity contribution >= 4 is 17.1 Å². The number of rotatable bonds is 6. The molecule has 1 saturated heterocycles. The van der Waals surface area contributed by atoms with Crippen molar-refractivity contribution in [3.63, 3.8) is 0 Å². The second-order valence-electron chi connectivity index (χ2n) is 8.24. The number of nitrogens with zero attached hydrogens (tertiary/aromatic N) is 8. The lowest BCUT2D eigenvalue weighted by atomic mass is 10.2. The first-order valence-electron chi connectivity index (χ1n) is 10.7. The van der Waals surface area contributed by atoms with E-state index in [2.05, 4.69) is 30.3 Å². The molecule has 1 fully saturated rings. The van der Waals surface area contributed by atoms with Crippen molar-refractivity contribution in [3.8, 4) is 11.4 Å². The SMILES string of the molecule is CC(c1nc(C(=O)c2nn3c(-c4ccccc4)nnc3cc2N2CCCC2)n[nH]1)N(C)C. The van der Waals surface area contributed by atoms with Crippen LogP contribution in [0.4, 0.5) is 5.69 Å². The van der Waals surface area contributed by atoms with Crippen LogP contribution in [0.2, 0.25) is 0 Å². The fourth-order valence-corrected chi connectivity index (χ4v) is 3.86. The molecule has 4 aromatic rings. The first-order chi connectivity index (χ1) is 15.5. The van der Waals surface area contributed by atoms with Crippen molar-refractivity contribution < 1.29 is 4.79 Å². The number of hydrogen-bond donors (Lipinski definition) is 1. The average Bonchev–Trinajstić information content (AvgIpc) is 3.58. The Bertz CT molecular complexity index is 1260. The summed E-state index contributed by atoms with van der Waals surface area (Å²) in [5.41, 5.74) is 2.53. The third kappa shape index (κ3) is 3.52. The summed E-state index contributed by atoms with van der Waals surface area (Å²) in [7, 11) is 3.90. The van der Waals surface area contributed by atoms with Gasteiger partial charge in [-0.1, -0.05) is 30.3 Å². The molecule has 1 aliphatic rings. The van der Waals surface area contributed by atoms with Crippen molar-refractivity contribution in [2.24, 2.45) is 0 Å². The van der Waals surface area contributed by atoms with Crippen molar-refractivity contribution in [2.45, 2.75) is 25.8 Å². The van der Waals surface area contributed by atoms with Gasteiger partial charge in [-0.15, -0.1) is 15.3 Å². The second kappa shape index (κ2) is 8.12. The fraction of sp³-hybridized carbons (Fsp3) is 0.364. The number of carbonyl (C=O) groups excluding carboxylic acids is 1. The summed E-state index contributed by atoms with van der Waals surface area (Å²) in [5, 5.41) is 20.5. The van der Waals surface area contributed by atoms with E-state index in [1.165, 1.54) is 0 Å². The van der Waals surface area contributed by atoms with Gasteiger partial charge in [-0.2, -0.15) is 9.61 Å². The highest BCUT2D eigenvalue weighted by molar-refractivity contribution is 6.09. The molecule has 0 amide bonds. The molecule has 1 N–H and O–H groups in total. The number of H-pyrrole nitrogens is 1. The van der Waals surface area contributed by atoms with Crippen molar-refractivity contribution in [3.05, 3.63) is 53.7 Å². The molecule has 0 radical (unpaired) electrons. The molecular weight excluding hydrogens is 406 g/mol. The molecule has 0 bridgehead atoms. The highest BCUT2D eigenvalue weighted by Gasteiger charge is 2.27. The number of fused-ring (bicyclic) bond motifs is 1. The standard InChI is InChI=1S/C22H25N9O/c1-14(29(2)3)20-23-21(26-25-20)19(32)18-16(30-11-7-8-12-30)13-17-24-27-22(31(17)28-18)15-9-5-4-6-10-15/h4-6,9-10,13-14H,7-8,11-12H2,1-3H3,(H,23,25,26). The molecule has 0 spiro atoms. The van der Waals surface area contributed by atoms with Gasteiger partial charge in [0.1, 0.15) is 5.82 Å². The zero-order valence-electron chi connectivity index (χ0n) is 18.4. The summed E-state index contributed by atoms with van der Waals surface area (Å²) in [4.78, 5) is 22.2. The second-order valence-corrected chi connectivity index (χ2v) is 8.24. The van der Waals surface area contributed by atoms with E-state index < -0.39 is 0 Å². The number of ketones is 1. The Labute approximate surface area is 185 Å². The molecule has 164 valence electrons. The summed E-state index contributed by atoms with van der Waals surface area (Å²) >= 11 is 0. The highest BCUT2D eigenvalue weighted by Crippen LogP contribution is 2.28. The minimum atomic E-state index is -0.324. The highest BCUT2D eigenvalue weighted by atomic mass is 16.1. The van der Waals surface area contributed by atoms with E-state index >= 15 is 0 Å². The number of benzene rings is 1. The minimum Gasteiger partial charge on any atom is -0.370 e. The maximum Gasteiger partial charge on any atom is 0.254 e. The van der Waals surface area contributed by atoms with Crippen LogP contribution >= 0.6 is 0 Å². The molecule has 4 heterocycles. The monoisotopic (exact) mass is 431 g/mol. The zero-order chi connectivity index (χ0) is 22.2. The van der Waals surface area contributed by atoms with Crippen LogP contribution in [0.5, 0.6) is 0 Å². The molecule has 10 heteroatoms. The van der Waals surface area contributed by atoms with Gasteiger partial charge in [0.05, 0.1) is 11.7 Å². The normalized spacial score (nSPS) is 15.1. The minimum absolute atomic E-state index is 0.0000684. The van der Waals surface area contributed by atoms with Gasteiger partial charge >= 0.3 is 0 Å². The number of aromatic amines is 1. The molecule has 1 atom stereocenters. The summed E-state index contributed by atoms with van der Waals surface area (Å²) < 4.78 is 1.62. The van der Waals surface area contributed by atoms with Crippen LogP contribution in [0.15, 0.2) is 36.4 Å². The predicted molar refractivity (Wildman–Crippen MR) is 120 cm³/mol. The zero-order valence-corrected chi connectivity index (χ0v) is 18.4. The lowest BCUT2D eigenvalue weighted by molar-refractivity contribution is 0.102. The molecule has 0 aliphatic carbocycles. The topological polar surface area (TPSA) is 108 Å². The van der Waals surface area contributed by atoms with Gasteiger partial charge in [0.15, 0.2) is 17.2 Å². The molecule has 0 saturated carbocycles. The number of carbonyl (C=O) groups is 1. The molecule has 10 nitrogen and oxygen atoms in total. The van der Waals surface area contributed by atoms with Crippen molar-refractivity contribution in [2.75, 3.05) is 32.1 Å². The Morgan fingerprint density at radius 1 is 1.12 bits per heavy atom. The molecule has 1 aliphatic heterocycles.